The fraction of sp³-hybridized carbons (Fsp3) is 0.364. The number of nitrogens with one attached hydrogen (secondary N) is 1. The normalized spacial score (nSPS) is 16.0. The summed E-state index contributed by atoms with van der Waals surface area (Å²) in [6.45, 7) is 7.97. The third-order valence-corrected chi connectivity index (χ3v) is 4.62. The lowest BCUT2D eigenvalue weighted by molar-refractivity contribution is -0.132. The number of hydrogen-bond donors (Lipinski definition) is 2. The Bertz CT molecular complexity index is 781. The summed E-state index contributed by atoms with van der Waals surface area (Å²) in [5.74, 6) is -1.41. The van der Waals surface area contributed by atoms with E-state index in [2.05, 4.69) is 11.4 Å². The van der Waals surface area contributed by atoms with Crippen LogP contribution in [0.1, 0.15) is 46.1 Å². The molecule has 1 aromatic rings. The summed E-state index contributed by atoms with van der Waals surface area (Å²) in [4.78, 5) is 24.8. The van der Waals surface area contributed by atoms with Crippen LogP contribution in [0.4, 0.5) is 0 Å². The van der Waals surface area contributed by atoms with Crippen molar-refractivity contribution in [1.82, 2.24) is 5.32 Å². The molecule has 0 bridgehead atoms. The van der Waals surface area contributed by atoms with Gasteiger partial charge in [-0.1, -0.05) is 48.9 Å². The number of hydrogen-bond acceptors (Lipinski definition) is 4. The van der Waals surface area contributed by atoms with E-state index in [9.17, 15) is 14.7 Å². The van der Waals surface area contributed by atoms with Gasteiger partial charge >= 0.3 is 0 Å². The first-order valence-electron chi connectivity index (χ1n) is 8.97. The summed E-state index contributed by atoms with van der Waals surface area (Å²) < 4.78 is 0. The Balaban J connectivity index is 2.25. The maximum absolute atomic E-state index is 12.5. The third kappa shape index (κ3) is 4.51. The van der Waals surface area contributed by atoms with Gasteiger partial charge in [0.25, 0.3) is 0 Å². The Morgan fingerprint density at radius 1 is 1.15 bits per heavy atom. The first-order valence-corrected chi connectivity index (χ1v) is 8.97. The van der Waals surface area contributed by atoms with Gasteiger partial charge in [-0.15, -0.1) is 0 Å². The number of aliphatic hydroxyl groups excluding tert-OH is 1. The molecule has 2 rings (SSSR count). The molecule has 26 heavy (non-hydrogen) atoms. The van der Waals surface area contributed by atoms with Gasteiger partial charge in [-0.05, 0) is 45.1 Å². The van der Waals surface area contributed by atoms with E-state index in [-0.39, 0.29) is 22.8 Å². The molecule has 138 valence electrons. The summed E-state index contributed by atoms with van der Waals surface area (Å²) in [6, 6.07) is 9.71. The first-order chi connectivity index (χ1) is 12.3. The van der Waals surface area contributed by atoms with Gasteiger partial charge in [0.1, 0.15) is 5.76 Å². The number of carbonyl (C=O) groups is 2. The van der Waals surface area contributed by atoms with Gasteiger partial charge in [0.05, 0.1) is 11.3 Å². The third-order valence-electron chi connectivity index (χ3n) is 4.62. The van der Waals surface area contributed by atoms with Crippen LogP contribution in [0.25, 0.3) is 0 Å². The summed E-state index contributed by atoms with van der Waals surface area (Å²) in [5.41, 5.74) is 3.09. The number of ketones is 2. The number of benzene rings is 1. The first kappa shape index (κ1) is 19.7. The lowest BCUT2D eigenvalue weighted by Crippen LogP contribution is -2.32. The minimum atomic E-state index is -0.588. The van der Waals surface area contributed by atoms with Crippen LogP contribution in [-0.4, -0.2) is 16.7 Å². The molecular weight excluding hydrogens is 326 g/mol. The van der Waals surface area contributed by atoms with Gasteiger partial charge in [-0.2, -0.15) is 0 Å². The molecule has 1 atom stereocenters. The molecule has 4 nitrogen and oxygen atoms in total. The number of rotatable bonds is 7. The minimum absolute atomic E-state index is 0.0901. The van der Waals surface area contributed by atoms with E-state index in [1.54, 1.807) is 6.92 Å². The van der Waals surface area contributed by atoms with Crippen molar-refractivity contribution in [3.05, 3.63) is 70.1 Å². The molecule has 0 radical (unpaired) electrons. The maximum Gasteiger partial charge on any atom is 0.233 e. The number of carbonyl (C=O) groups excluding carboxylic acids is 2. The Hall–Kier alpha value is -2.62. The molecule has 0 fully saturated rings. The second-order valence-electron chi connectivity index (χ2n) is 7.02. The van der Waals surface area contributed by atoms with E-state index in [1.165, 1.54) is 5.57 Å². The van der Waals surface area contributed by atoms with Gasteiger partial charge in [0, 0.05) is 12.1 Å². The van der Waals surface area contributed by atoms with E-state index < -0.39 is 11.6 Å². The van der Waals surface area contributed by atoms with Crippen LogP contribution in [0.2, 0.25) is 0 Å². The molecule has 0 saturated heterocycles. The van der Waals surface area contributed by atoms with E-state index in [1.807, 2.05) is 51.1 Å². The largest absolute Gasteiger partial charge is 0.505 e. The van der Waals surface area contributed by atoms with Gasteiger partial charge < -0.3 is 10.4 Å². The highest BCUT2D eigenvalue weighted by molar-refractivity contribution is 6.50. The predicted octanol–water partition coefficient (Wildman–Crippen LogP) is 4.40. The molecule has 1 aliphatic carbocycles. The number of aliphatic hydroxyl groups is 1. The van der Waals surface area contributed by atoms with Crippen molar-refractivity contribution in [2.45, 2.75) is 47.1 Å². The van der Waals surface area contributed by atoms with Crippen molar-refractivity contribution in [2.75, 3.05) is 0 Å². The predicted molar refractivity (Wildman–Crippen MR) is 103 cm³/mol. The van der Waals surface area contributed by atoms with E-state index >= 15 is 0 Å². The monoisotopic (exact) mass is 353 g/mol. The molecule has 4 heteroatoms. The number of allylic oxidation sites excluding steroid dienone is 4. The van der Waals surface area contributed by atoms with E-state index in [0.717, 1.165) is 12.0 Å². The maximum atomic E-state index is 12.5. The lowest BCUT2D eigenvalue weighted by atomic mass is 9.83. The molecule has 0 aliphatic heterocycles. The second kappa shape index (κ2) is 8.65. The highest BCUT2D eigenvalue weighted by atomic mass is 16.3. The van der Waals surface area contributed by atoms with Crippen LogP contribution in [0.3, 0.4) is 0 Å². The topological polar surface area (TPSA) is 66.4 Å². The summed E-state index contributed by atoms with van der Waals surface area (Å²) in [6.07, 6.45) is 3.60. The van der Waals surface area contributed by atoms with Crippen LogP contribution in [0.15, 0.2) is 64.6 Å². The highest BCUT2D eigenvalue weighted by Gasteiger charge is 2.35. The fourth-order valence-electron chi connectivity index (χ4n) is 3.05. The van der Waals surface area contributed by atoms with Crippen LogP contribution < -0.4 is 5.32 Å². The molecule has 2 N–H and O–H groups in total. The Kier molecular flexibility index (Phi) is 6.56. The summed E-state index contributed by atoms with van der Waals surface area (Å²) in [7, 11) is 0. The molecule has 0 heterocycles. The Labute approximate surface area is 155 Å². The van der Waals surface area contributed by atoms with Gasteiger partial charge in [-0.25, -0.2) is 0 Å². The van der Waals surface area contributed by atoms with Crippen LogP contribution in [0.5, 0.6) is 0 Å². The molecule has 1 aliphatic rings. The van der Waals surface area contributed by atoms with Crippen LogP contribution in [-0.2, 0) is 16.1 Å². The lowest BCUT2D eigenvalue weighted by Gasteiger charge is -2.24. The second-order valence-corrected chi connectivity index (χ2v) is 7.02. The molecule has 1 aromatic carbocycles. The van der Waals surface area contributed by atoms with Crippen LogP contribution >= 0.6 is 0 Å². The quantitative estimate of drug-likeness (QED) is 0.433. The average molecular weight is 353 g/mol. The standard InChI is InChI=1S/C22H27NO3/c1-14(2)9-8-10-15(3)18-21(25)19(16(4)20(24)22(18)26)23-13-17-11-6-5-7-12-17/h5-7,9,11-12,15,23,25H,8,10,13H2,1-4H3. The van der Waals surface area contributed by atoms with E-state index in [0.29, 0.717) is 18.7 Å². The van der Waals surface area contributed by atoms with Gasteiger partial charge in [-0.3, -0.25) is 9.59 Å². The number of Topliss-reactive ketones (excluding diaryl/α,β-unsaturated/α-hetero) is 2. The van der Waals surface area contributed by atoms with Gasteiger partial charge in [0.15, 0.2) is 0 Å². The van der Waals surface area contributed by atoms with Crippen molar-refractivity contribution >= 4 is 11.6 Å². The average Bonchev–Trinajstić information content (AvgIpc) is 2.60. The molecule has 0 amide bonds. The SMILES string of the molecule is CC(C)=CCCC(C)C1=C(O)C(NCc2ccccc2)=C(C)C(=O)C1=O. The van der Waals surface area contributed by atoms with Crippen molar-refractivity contribution < 1.29 is 14.7 Å². The highest BCUT2D eigenvalue weighted by Crippen LogP contribution is 2.30. The molecule has 0 spiro atoms. The molecular formula is C22H27NO3. The van der Waals surface area contributed by atoms with Crippen molar-refractivity contribution in [2.24, 2.45) is 5.92 Å². The molecule has 0 aromatic heterocycles. The summed E-state index contributed by atoms with van der Waals surface area (Å²) in [5, 5.41) is 13.8. The minimum Gasteiger partial charge on any atom is -0.505 e. The van der Waals surface area contributed by atoms with Gasteiger partial charge in [0.2, 0.25) is 11.6 Å². The van der Waals surface area contributed by atoms with Crippen LogP contribution in [0, 0.1) is 5.92 Å². The van der Waals surface area contributed by atoms with Crippen molar-refractivity contribution in [1.29, 1.82) is 0 Å². The summed E-state index contributed by atoms with van der Waals surface area (Å²) >= 11 is 0. The molecule has 0 saturated carbocycles. The van der Waals surface area contributed by atoms with E-state index in [4.69, 9.17) is 0 Å². The Morgan fingerprint density at radius 3 is 2.42 bits per heavy atom. The fourth-order valence-corrected chi connectivity index (χ4v) is 3.05. The molecule has 1 unspecified atom stereocenters. The zero-order valence-electron chi connectivity index (χ0n) is 15.9. The Morgan fingerprint density at radius 2 is 1.81 bits per heavy atom. The zero-order valence-corrected chi connectivity index (χ0v) is 15.9. The zero-order chi connectivity index (χ0) is 19.3. The van der Waals surface area contributed by atoms with Crippen molar-refractivity contribution in [3.8, 4) is 0 Å². The smallest absolute Gasteiger partial charge is 0.233 e. The van der Waals surface area contributed by atoms with Crippen molar-refractivity contribution in [3.63, 3.8) is 0 Å².